The summed E-state index contributed by atoms with van der Waals surface area (Å²) in [7, 11) is 0. The molecule has 0 unspecified atom stereocenters. The monoisotopic (exact) mass is 337 g/mol. The van der Waals surface area contributed by atoms with Crippen LogP contribution in [0, 0.1) is 6.92 Å². The van der Waals surface area contributed by atoms with Gasteiger partial charge in [-0.1, -0.05) is 42.5 Å². The summed E-state index contributed by atoms with van der Waals surface area (Å²) in [4.78, 5) is 14.8. The van der Waals surface area contributed by atoms with E-state index in [-0.39, 0.29) is 18.2 Å². The fourth-order valence-corrected chi connectivity index (χ4v) is 4.21. The molecular formula is C21H23NO3. The van der Waals surface area contributed by atoms with Gasteiger partial charge in [-0.05, 0) is 34.7 Å². The van der Waals surface area contributed by atoms with E-state index in [1.165, 1.54) is 5.56 Å². The highest BCUT2D eigenvalue weighted by Crippen LogP contribution is 2.40. The summed E-state index contributed by atoms with van der Waals surface area (Å²) in [5.41, 5.74) is 5.53. The predicted octanol–water partition coefficient (Wildman–Crippen LogP) is 2.29. The van der Waals surface area contributed by atoms with Gasteiger partial charge in [0, 0.05) is 31.8 Å². The first-order chi connectivity index (χ1) is 12.0. The van der Waals surface area contributed by atoms with E-state index in [4.69, 9.17) is 0 Å². The summed E-state index contributed by atoms with van der Waals surface area (Å²) in [6, 6.07) is 14.1. The number of amides is 1. The Bertz CT molecular complexity index is 817. The van der Waals surface area contributed by atoms with Gasteiger partial charge in [0.2, 0.25) is 5.91 Å². The number of carbonyl (C=O) groups excluding carboxylic acids is 1. The second kappa shape index (κ2) is 6.28. The molecule has 0 saturated carbocycles. The van der Waals surface area contributed by atoms with Crippen molar-refractivity contribution in [3.8, 4) is 0 Å². The minimum atomic E-state index is -0.879. The van der Waals surface area contributed by atoms with Crippen LogP contribution in [0.2, 0.25) is 0 Å². The van der Waals surface area contributed by atoms with Gasteiger partial charge in [-0.3, -0.25) is 4.79 Å². The molecule has 3 atom stereocenters. The Labute approximate surface area is 147 Å². The molecule has 4 nitrogen and oxygen atoms in total. The minimum Gasteiger partial charge on any atom is -0.390 e. The van der Waals surface area contributed by atoms with E-state index in [1.807, 2.05) is 35.2 Å². The standard InChI is InChI=1S/C21H23NO3/c1-13-5-2-3-6-15(13)11-22-12-16-8-4-7-14-9-18(23)21(25)17(20(14)16)10-19(22)24/h2-8,17-18,21,23,25H,9-12H2,1H3/t17-,18-,21+/m1/s1. The number of carbonyl (C=O) groups is 1. The summed E-state index contributed by atoms with van der Waals surface area (Å²) in [5, 5.41) is 20.7. The van der Waals surface area contributed by atoms with Crippen molar-refractivity contribution in [1.29, 1.82) is 0 Å². The molecular weight excluding hydrogens is 314 g/mol. The molecule has 1 aliphatic carbocycles. The van der Waals surface area contributed by atoms with Gasteiger partial charge in [-0.2, -0.15) is 0 Å². The van der Waals surface area contributed by atoms with Crippen LogP contribution < -0.4 is 0 Å². The number of benzene rings is 2. The van der Waals surface area contributed by atoms with Crippen molar-refractivity contribution in [2.75, 3.05) is 0 Å². The van der Waals surface area contributed by atoms with Crippen molar-refractivity contribution < 1.29 is 15.0 Å². The first-order valence-corrected chi connectivity index (χ1v) is 8.83. The molecule has 2 aromatic carbocycles. The van der Waals surface area contributed by atoms with Crippen LogP contribution in [0.15, 0.2) is 42.5 Å². The van der Waals surface area contributed by atoms with E-state index in [0.717, 1.165) is 22.3 Å². The lowest BCUT2D eigenvalue weighted by molar-refractivity contribution is -0.133. The number of rotatable bonds is 2. The van der Waals surface area contributed by atoms with Crippen LogP contribution in [0.1, 0.15) is 40.2 Å². The Kier molecular flexibility index (Phi) is 4.10. The van der Waals surface area contributed by atoms with Gasteiger partial charge in [-0.25, -0.2) is 0 Å². The van der Waals surface area contributed by atoms with E-state index in [9.17, 15) is 15.0 Å². The molecule has 0 spiro atoms. The summed E-state index contributed by atoms with van der Waals surface area (Å²) < 4.78 is 0. The van der Waals surface area contributed by atoms with Crippen molar-refractivity contribution in [3.63, 3.8) is 0 Å². The Morgan fingerprint density at radius 1 is 1.04 bits per heavy atom. The molecule has 2 aromatic rings. The Morgan fingerprint density at radius 2 is 1.80 bits per heavy atom. The summed E-state index contributed by atoms with van der Waals surface area (Å²) >= 11 is 0. The minimum absolute atomic E-state index is 0.0311. The lowest BCUT2D eigenvalue weighted by Crippen LogP contribution is -2.39. The fourth-order valence-electron chi connectivity index (χ4n) is 4.21. The smallest absolute Gasteiger partial charge is 0.223 e. The zero-order valence-electron chi connectivity index (χ0n) is 14.4. The molecule has 0 aromatic heterocycles. The molecule has 1 aliphatic heterocycles. The first kappa shape index (κ1) is 16.3. The van der Waals surface area contributed by atoms with Crippen molar-refractivity contribution in [1.82, 2.24) is 4.90 Å². The number of aliphatic hydroxyl groups excluding tert-OH is 2. The number of hydrogen-bond donors (Lipinski definition) is 2. The SMILES string of the molecule is Cc1ccccc1CN1Cc2cccc3c2[C@@H](CC1=O)[C@H](O)[C@H](O)C3. The van der Waals surface area contributed by atoms with Gasteiger partial charge in [-0.15, -0.1) is 0 Å². The molecule has 0 saturated heterocycles. The number of aryl methyl sites for hydroxylation is 1. The van der Waals surface area contributed by atoms with Crippen molar-refractivity contribution in [3.05, 3.63) is 70.3 Å². The Morgan fingerprint density at radius 3 is 2.60 bits per heavy atom. The molecule has 4 rings (SSSR count). The lowest BCUT2D eigenvalue weighted by atomic mass is 9.76. The van der Waals surface area contributed by atoms with Crippen LogP contribution in [-0.2, 0) is 24.3 Å². The van der Waals surface area contributed by atoms with Crippen molar-refractivity contribution in [2.45, 2.75) is 51.0 Å². The van der Waals surface area contributed by atoms with Crippen molar-refractivity contribution in [2.24, 2.45) is 0 Å². The quantitative estimate of drug-likeness (QED) is 0.884. The molecule has 0 radical (unpaired) electrons. The molecule has 2 N–H and O–H groups in total. The van der Waals surface area contributed by atoms with E-state index < -0.39 is 12.2 Å². The van der Waals surface area contributed by atoms with Gasteiger partial charge >= 0.3 is 0 Å². The third-order valence-corrected chi connectivity index (χ3v) is 5.62. The topological polar surface area (TPSA) is 60.8 Å². The normalized spacial score (nSPS) is 25.5. The maximum Gasteiger partial charge on any atom is 0.223 e. The first-order valence-electron chi connectivity index (χ1n) is 8.83. The maximum absolute atomic E-state index is 12.9. The third-order valence-electron chi connectivity index (χ3n) is 5.62. The molecule has 1 heterocycles. The number of hydrogen-bond acceptors (Lipinski definition) is 3. The van der Waals surface area contributed by atoms with Crippen LogP contribution in [0.5, 0.6) is 0 Å². The Hall–Kier alpha value is -2.17. The van der Waals surface area contributed by atoms with Crippen LogP contribution in [0.4, 0.5) is 0 Å². The highest BCUT2D eigenvalue weighted by molar-refractivity contribution is 5.78. The largest absolute Gasteiger partial charge is 0.390 e. The zero-order valence-corrected chi connectivity index (χ0v) is 14.4. The molecule has 0 fully saturated rings. The van der Waals surface area contributed by atoms with E-state index >= 15 is 0 Å². The van der Waals surface area contributed by atoms with E-state index in [1.54, 1.807) is 0 Å². The zero-order chi connectivity index (χ0) is 17.6. The third kappa shape index (κ3) is 2.86. The molecule has 2 aliphatic rings. The molecule has 130 valence electrons. The summed E-state index contributed by atoms with van der Waals surface area (Å²) in [6.07, 6.45) is -0.986. The second-order valence-corrected chi connectivity index (χ2v) is 7.24. The van der Waals surface area contributed by atoms with E-state index in [2.05, 4.69) is 19.1 Å². The number of nitrogens with zero attached hydrogens (tertiary/aromatic N) is 1. The number of aliphatic hydroxyl groups is 2. The highest BCUT2D eigenvalue weighted by Gasteiger charge is 2.40. The molecule has 1 amide bonds. The Balaban J connectivity index is 1.71. The van der Waals surface area contributed by atoms with Gasteiger partial charge < -0.3 is 15.1 Å². The molecule has 0 bridgehead atoms. The van der Waals surface area contributed by atoms with Gasteiger partial charge in [0.1, 0.15) is 0 Å². The molecule has 4 heteroatoms. The van der Waals surface area contributed by atoms with Crippen molar-refractivity contribution >= 4 is 5.91 Å². The van der Waals surface area contributed by atoms with Crippen LogP contribution in [0.25, 0.3) is 0 Å². The van der Waals surface area contributed by atoms with Crippen LogP contribution >= 0.6 is 0 Å². The van der Waals surface area contributed by atoms with Crippen LogP contribution in [-0.4, -0.2) is 33.2 Å². The van der Waals surface area contributed by atoms with Crippen LogP contribution in [0.3, 0.4) is 0 Å². The summed E-state index contributed by atoms with van der Waals surface area (Å²) in [6.45, 7) is 3.18. The van der Waals surface area contributed by atoms with E-state index in [0.29, 0.717) is 19.5 Å². The second-order valence-electron chi connectivity index (χ2n) is 7.24. The average Bonchev–Trinajstić information content (AvgIpc) is 2.73. The highest BCUT2D eigenvalue weighted by atomic mass is 16.3. The van der Waals surface area contributed by atoms with Gasteiger partial charge in [0.15, 0.2) is 0 Å². The van der Waals surface area contributed by atoms with Gasteiger partial charge in [0.25, 0.3) is 0 Å². The fraction of sp³-hybridized carbons (Fsp3) is 0.381. The summed E-state index contributed by atoms with van der Waals surface area (Å²) in [5.74, 6) is -0.284. The average molecular weight is 337 g/mol. The molecule has 25 heavy (non-hydrogen) atoms. The maximum atomic E-state index is 12.9. The predicted molar refractivity (Wildman–Crippen MR) is 95.0 cm³/mol. The lowest BCUT2D eigenvalue weighted by Gasteiger charge is -2.33. The van der Waals surface area contributed by atoms with Gasteiger partial charge in [0.05, 0.1) is 12.2 Å².